The third-order valence-corrected chi connectivity index (χ3v) is 3.98. The molecule has 0 aromatic heterocycles. The van der Waals surface area contributed by atoms with E-state index in [-0.39, 0.29) is 17.6 Å². The first-order chi connectivity index (χ1) is 9.61. The van der Waals surface area contributed by atoms with Gasteiger partial charge >= 0.3 is 0 Å². The zero-order valence-electron chi connectivity index (χ0n) is 11.6. The Balaban J connectivity index is 2.08. The van der Waals surface area contributed by atoms with Crippen LogP contribution in [0.5, 0.6) is 0 Å². The molecule has 3 heteroatoms. The van der Waals surface area contributed by atoms with Crippen LogP contribution >= 0.6 is 0 Å². The Morgan fingerprint density at radius 3 is 2.40 bits per heavy atom. The minimum absolute atomic E-state index is 0.0598. The van der Waals surface area contributed by atoms with E-state index in [4.69, 9.17) is 0 Å². The van der Waals surface area contributed by atoms with Gasteiger partial charge in [0.05, 0.1) is 5.92 Å². The fraction of sp³-hybridized carbons (Fsp3) is 0.235. The zero-order chi connectivity index (χ0) is 14.3. The van der Waals surface area contributed by atoms with E-state index in [2.05, 4.69) is 6.07 Å². The van der Waals surface area contributed by atoms with E-state index in [0.29, 0.717) is 0 Å². The highest BCUT2D eigenvalue weighted by Gasteiger charge is 2.33. The molecular formula is C17H16FNO. The first kappa shape index (κ1) is 12.9. The van der Waals surface area contributed by atoms with Crippen molar-refractivity contribution < 1.29 is 9.18 Å². The second-order valence-electron chi connectivity index (χ2n) is 5.14. The van der Waals surface area contributed by atoms with Crippen molar-refractivity contribution in [3.05, 3.63) is 53.8 Å². The molecule has 0 N–H and O–H groups in total. The number of amides is 1. The SMILES string of the molecule is CCC1C(=O)N(C)c2ccc(-c3ccc(F)cc3)cc21. The van der Waals surface area contributed by atoms with Crippen LogP contribution in [-0.4, -0.2) is 13.0 Å². The fourth-order valence-electron chi connectivity index (χ4n) is 2.84. The van der Waals surface area contributed by atoms with E-state index in [9.17, 15) is 9.18 Å². The summed E-state index contributed by atoms with van der Waals surface area (Å²) in [6.07, 6.45) is 0.795. The third-order valence-electron chi connectivity index (χ3n) is 3.98. The Morgan fingerprint density at radius 1 is 1.10 bits per heavy atom. The van der Waals surface area contributed by atoms with E-state index < -0.39 is 0 Å². The summed E-state index contributed by atoms with van der Waals surface area (Å²) in [5.41, 5.74) is 4.03. The van der Waals surface area contributed by atoms with Crippen molar-refractivity contribution in [2.24, 2.45) is 0 Å². The summed E-state index contributed by atoms with van der Waals surface area (Å²) in [6.45, 7) is 2.02. The number of anilines is 1. The Bertz CT molecular complexity index is 663. The lowest BCUT2D eigenvalue weighted by molar-refractivity contribution is -0.119. The lowest BCUT2D eigenvalue weighted by Gasteiger charge is -2.10. The second-order valence-corrected chi connectivity index (χ2v) is 5.14. The van der Waals surface area contributed by atoms with Gasteiger partial charge in [-0.15, -0.1) is 0 Å². The summed E-state index contributed by atoms with van der Waals surface area (Å²) in [5, 5.41) is 0. The first-order valence-electron chi connectivity index (χ1n) is 6.79. The number of benzene rings is 2. The summed E-state index contributed by atoms with van der Waals surface area (Å²) in [7, 11) is 1.81. The predicted molar refractivity (Wildman–Crippen MR) is 78.3 cm³/mol. The predicted octanol–water partition coefficient (Wildman–Crippen LogP) is 3.96. The molecule has 0 fully saturated rings. The number of hydrogen-bond donors (Lipinski definition) is 0. The van der Waals surface area contributed by atoms with Crippen LogP contribution in [0.4, 0.5) is 10.1 Å². The minimum atomic E-state index is -0.240. The molecule has 1 heterocycles. The van der Waals surface area contributed by atoms with E-state index in [0.717, 1.165) is 28.8 Å². The summed E-state index contributed by atoms with van der Waals surface area (Å²) in [4.78, 5) is 13.9. The topological polar surface area (TPSA) is 20.3 Å². The van der Waals surface area contributed by atoms with Gasteiger partial charge in [-0.05, 0) is 47.4 Å². The van der Waals surface area contributed by atoms with Gasteiger partial charge in [0.1, 0.15) is 5.82 Å². The average molecular weight is 269 g/mol. The smallest absolute Gasteiger partial charge is 0.234 e. The molecule has 1 unspecified atom stereocenters. The maximum Gasteiger partial charge on any atom is 0.234 e. The highest BCUT2D eigenvalue weighted by molar-refractivity contribution is 6.05. The minimum Gasteiger partial charge on any atom is -0.315 e. The molecule has 0 saturated carbocycles. The zero-order valence-corrected chi connectivity index (χ0v) is 11.6. The van der Waals surface area contributed by atoms with E-state index in [1.807, 2.05) is 26.1 Å². The molecule has 1 aliphatic rings. The summed E-state index contributed by atoms with van der Waals surface area (Å²) in [5.74, 6) is -0.148. The van der Waals surface area contributed by atoms with E-state index in [1.54, 1.807) is 17.0 Å². The van der Waals surface area contributed by atoms with Gasteiger partial charge in [0.25, 0.3) is 0 Å². The second kappa shape index (κ2) is 4.75. The fourth-order valence-corrected chi connectivity index (χ4v) is 2.84. The largest absolute Gasteiger partial charge is 0.315 e. The van der Waals surface area contributed by atoms with Crippen LogP contribution in [0, 0.1) is 5.82 Å². The molecule has 1 amide bonds. The average Bonchev–Trinajstić information content (AvgIpc) is 2.71. The van der Waals surface area contributed by atoms with Crippen molar-refractivity contribution in [2.75, 3.05) is 11.9 Å². The van der Waals surface area contributed by atoms with Gasteiger partial charge in [-0.3, -0.25) is 4.79 Å². The van der Waals surface area contributed by atoms with Crippen molar-refractivity contribution >= 4 is 11.6 Å². The van der Waals surface area contributed by atoms with Crippen LogP contribution in [0.1, 0.15) is 24.8 Å². The van der Waals surface area contributed by atoms with Crippen LogP contribution in [0.15, 0.2) is 42.5 Å². The molecule has 0 aliphatic carbocycles. The molecule has 0 spiro atoms. The molecule has 2 aromatic carbocycles. The van der Waals surface area contributed by atoms with Gasteiger partial charge in [0, 0.05) is 12.7 Å². The molecule has 1 atom stereocenters. The molecule has 0 bridgehead atoms. The van der Waals surface area contributed by atoms with Gasteiger partial charge in [0.15, 0.2) is 0 Å². The van der Waals surface area contributed by atoms with Crippen molar-refractivity contribution in [3.63, 3.8) is 0 Å². The molecule has 0 radical (unpaired) electrons. The Morgan fingerprint density at radius 2 is 1.75 bits per heavy atom. The number of carbonyl (C=O) groups is 1. The van der Waals surface area contributed by atoms with Gasteiger partial charge in [-0.1, -0.05) is 25.1 Å². The van der Waals surface area contributed by atoms with Crippen LogP contribution in [0.2, 0.25) is 0 Å². The standard InChI is InChI=1S/C17H16FNO/c1-3-14-15-10-12(11-4-7-13(18)8-5-11)6-9-16(15)19(2)17(14)20/h4-10,14H,3H2,1-2H3. The molecule has 3 rings (SSSR count). The highest BCUT2D eigenvalue weighted by atomic mass is 19.1. The molecule has 20 heavy (non-hydrogen) atoms. The van der Waals surface area contributed by atoms with Gasteiger partial charge < -0.3 is 4.90 Å². The maximum absolute atomic E-state index is 13.0. The molecule has 102 valence electrons. The molecule has 1 aliphatic heterocycles. The van der Waals surface area contributed by atoms with Crippen molar-refractivity contribution in [1.82, 2.24) is 0 Å². The molecule has 2 aromatic rings. The summed E-state index contributed by atoms with van der Waals surface area (Å²) < 4.78 is 13.0. The molecule has 0 saturated heterocycles. The number of likely N-dealkylation sites (N-methyl/N-ethyl adjacent to an activating group) is 1. The number of fused-ring (bicyclic) bond motifs is 1. The molecule has 2 nitrogen and oxygen atoms in total. The maximum atomic E-state index is 13.0. The van der Waals surface area contributed by atoms with Gasteiger partial charge in [-0.25, -0.2) is 4.39 Å². The Labute approximate surface area is 117 Å². The third kappa shape index (κ3) is 1.90. The van der Waals surface area contributed by atoms with Crippen LogP contribution < -0.4 is 4.90 Å². The number of carbonyl (C=O) groups excluding carboxylic acids is 1. The summed E-state index contributed by atoms with van der Waals surface area (Å²) in [6, 6.07) is 12.4. The van der Waals surface area contributed by atoms with Gasteiger partial charge in [-0.2, -0.15) is 0 Å². The van der Waals surface area contributed by atoms with E-state index >= 15 is 0 Å². The van der Waals surface area contributed by atoms with Crippen molar-refractivity contribution in [1.29, 1.82) is 0 Å². The van der Waals surface area contributed by atoms with Crippen molar-refractivity contribution in [3.8, 4) is 11.1 Å². The van der Waals surface area contributed by atoms with Gasteiger partial charge in [0.2, 0.25) is 5.91 Å². The first-order valence-corrected chi connectivity index (χ1v) is 6.79. The van der Waals surface area contributed by atoms with Crippen LogP contribution in [-0.2, 0) is 4.79 Å². The number of rotatable bonds is 2. The summed E-state index contributed by atoms with van der Waals surface area (Å²) >= 11 is 0. The molecular weight excluding hydrogens is 253 g/mol. The highest BCUT2D eigenvalue weighted by Crippen LogP contribution is 2.40. The van der Waals surface area contributed by atoms with E-state index in [1.165, 1.54) is 12.1 Å². The monoisotopic (exact) mass is 269 g/mol. The van der Waals surface area contributed by atoms with Crippen LogP contribution in [0.3, 0.4) is 0 Å². The Kier molecular flexibility index (Phi) is 3.05. The lowest BCUT2D eigenvalue weighted by atomic mass is 9.94. The lowest BCUT2D eigenvalue weighted by Crippen LogP contribution is -2.23. The van der Waals surface area contributed by atoms with Crippen molar-refractivity contribution in [2.45, 2.75) is 19.3 Å². The van der Waals surface area contributed by atoms with Crippen LogP contribution in [0.25, 0.3) is 11.1 Å². The normalized spacial score (nSPS) is 17.4. The number of hydrogen-bond acceptors (Lipinski definition) is 1. The quantitative estimate of drug-likeness (QED) is 0.808. The Hall–Kier alpha value is -2.16. The number of halogens is 1. The number of nitrogens with zero attached hydrogens (tertiary/aromatic N) is 1.